The first kappa shape index (κ1) is 17.5. The van der Waals surface area contributed by atoms with Crippen molar-refractivity contribution < 1.29 is 14.7 Å². The van der Waals surface area contributed by atoms with Crippen molar-refractivity contribution >= 4 is 17.5 Å². The van der Waals surface area contributed by atoms with Crippen molar-refractivity contribution in [3.8, 4) is 0 Å². The molecule has 0 bridgehead atoms. The number of likely N-dealkylation sites (tertiary alicyclic amines) is 1. The van der Waals surface area contributed by atoms with Crippen molar-refractivity contribution in [3.05, 3.63) is 29.8 Å². The van der Waals surface area contributed by atoms with Gasteiger partial charge in [0.2, 0.25) is 11.8 Å². The Balaban J connectivity index is 1.87. The number of β-amino-alcohol motifs (C(OH)–C–C–N with tert-alkyl or cyclic N) is 1. The van der Waals surface area contributed by atoms with Crippen LogP contribution in [0.5, 0.6) is 0 Å². The monoisotopic (exact) mass is 318 g/mol. The fourth-order valence-corrected chi connectivity index (χ4v) is 2.65. The summed E-state index contributed by atoms with van der Waals surface area (Å²) in [6.07, 6.45) is 1.05. The van der Waals surface area contributed by atoms with E-state index in [1.54, 1.807) is 4.90 Å². The maximum atomic E-state index is 12.1. The van der Waals surface area contributed by atoms with E-state index < -0.39 is 0 Å². The zero-order valence-corrected chi connectivity index (χ0v) is 14.1. The van der Waals surface area contributed by atoms with Gasteiger partial charge in [-0.3, -0.25) is 9.59 Å². The molecule has 1 aliphatic heterocycles. The van der Waals surface area contributed by atoms with Gasteiger partial charge in [-0.05, 0) is 29.5 Å². The molecule has 2 amide bonds. The zero-order valence-electron chi connectivity index (χ0n) is 14.1. The van der Waals surface area contributed by atoms with E-state index in [1.165, 1.54) is 0 Å². The van der Waals surface area contributed by atoms with Gasteiger partial charge in [0.25, 0.3) is 0 Å². The molecule has 0 radical (unpaired) electrons. The average molecular weight is 318 g/mol. The summed E-state index contributed by atoms with van der Waals surface area (Å²) in [7, 11) is 0. The summed E-state index contributed by atoms with van der Waals surface area (Å²) in [6.45, 7) is 7.13. The number of amides is 2. The van der Waals surface area contributed by atoms with Gasteiger partial charge in [-0.25, -0.2) is 0 Å². The van der Waals surface area contributed by atoms with E-state index in [0.717, 1.165) is 11.3 Å². The number of aliphatic hydroxyl groups excluding tert-OH is 1. The Kier molecular flexibility index (Phi) is 5.42. The van der Waals surface area contributed by atoms with E-state index in [0.29, 0.717) is 32.4 Å². The third kappa shape index (κ3) is 5.67. The van der Waals surface area contributed by atoms with Gasteiger partial charge in [0, 0.05) is 25.2 Å². The molecular weight excluding hydrogens is 292 g/mol. The lowest BCUT2D eigenvalue weighted by molar-refractivity contribution is -0.129. The summed E-state index contributed by atoms with van der Waals surface area (Å²) in [5, 5.41) is 12.4. The van der Waals surface area contributed by atoms with Crippen LogP contribution in [0.15, 0.2) is 24.3 Å². The first-order valence-electron chi connectivity index (χ1n) is 8.07. The molecule has 1 atom stereocenters. The Morgan fingerprint density at radius 3 is 2.43 bits per heavy atom. The second-order valence-corrected chi connectivity index (χ2v) is 7.44. The Morgan fingerprint density at radius 1 is 1.26 bits per heavy atom. The first-order chi connectivity index (χ1) is 10.7. The minimum absolute atomic E-state index is 0.00705. The number of rotatable bonds is 4. The van der Waals surface area contributed by atoms with Gasteiger partial charge in [-0.1, -0.05) is 32.9 Å². The summed E-state index contributed by atoms with van der Waals surface area (Å²) >= 11 is 0. The SMILES string of the molecule is CC(C)(C)CC(=O)Nc1ccc(CC(=O)N2CC[C@@H](O)C2)cc1. The molecule has 0 aliphatic carbocycles. The summed E-state index contributed by atoms with van der Waals surface area (Å²) in [5.41, 5.74) is 1.61. The first-order valence-corrected chi connectivity index (χ1v) is 8.07. The standard InChI is InChI=1S/C18H26N2O3/c1-18(2,3)11-16(22)19-14-6-4-13(5-7-14)10-17(23)20-9-8-15(21)12-20/h4-7,15,21H,8-12H2,1-3H3,(H,19,22)/t15-/m1/s1. The summed E-state index contributed by atoms with van der Waals surface area (Å²) < 4.78 is 0. The van der Waals surface area contributed by atoms with E-state index in [-0.39, 0.29) is 23.3 Å². The van der Waals surface area contributed by atoms with Gasteiger partial charge in [0.1, 0.15) is 0 Å². The molecule has 0 unspecified atom stereocenters. The molecule has 1 aromatic rings. The molecule has 126 valence electrons. The van der Waals surface area contributed by atoms with Crippen LogP contribution in [0.3, 0.4) is 0 Å². The van der Waals surface area contributed by atoms with E-state index in [4.69, 9.17) is 0 Å². The van der Waals surface area contributed by atoms with Crippen LogP contribution in [0.4, 0.5) is 5.69 Å². The lowest BCUT2D eigenvalue weighted by atomic mass is 9.92. The molecule has 1 heterocycles. The van der Waals surface area contributed by atoms with Crippen molar-refractivity contribution in [2.24, 2.45) is 5.41 Å². The molecular formula is C18H26N2O3. The van der Waals surface area contributed by atoms with E-state index in [2.05, 4.69) is 5.32 Å². The van der Waals surface area contributed by atoms with Gasteiger partial charge in [0.05, 0.1) is 12.5 Å². The number of benzene rings is 1. The van der Waals surface area contributed by atoms with Crippen LogP contribution in [0.1, 0.15) is 39.2 Å². The van der Waals surface area contributed by atoms with Gasteiger partial charge < -0.3 is 15.3 Å². The number of hydrogen-bond acceptors (Lipinski definition) is 3. The molecule has 1 saturated heterocycles. The van der Waals surface area contributed by atoms with Crippen LogP contribution < -0.4 is 5.32 Å². The van der Waals surface area contributed by atoms with Crippen molar-refractivity contribution in [2.45, 2.75) is 46.1 Å². The predicted octanol–water partition coefficient (Wildman–Crippen LogP) is 2.20. The predicted molar refractivity (Wildman–Crippen MR) is 90.1 cm³/mol. The van der Waals surface area contributed by atoms with E-state index >= 15 is 0 Å². The average Bonchev–Trinajstić information content (AvgIpc) is 2.85. The van der Waals surface area contributed by atoms with Gasteiger partial charge in [-0.15, -0.1) is 0 Å². The van der Waals surface area contributed by atoms with Crippen molar-refractivity contribution in [2.75, 3.05) is 18.4 Å². The Bertz CT molecular complexity index is 561. The highest BCUT2D eigenvalue weighted by molar-refractivity contribution is 5.91. The fourth-order valence-electron chi connectivity index (χ4n) is 2.65. The van der Waals surface area contributed by atoms with Crippen LogP contribution in [0.2, 0.25) is 0 Å². The molecule has 0 saturated carbocycles. The maximum absolute atomic E-state index is 12.1. The molecule has 1 aromatic carbocycles. The number of aliphatic hydroxyl groups is 1. The van der Waals surface area contributed by atoms with Crippen LogP contribution >= 0.6 is 0 Å². The van der Waals surface area contributed by atoms with Crippen LogP contribution in [-0.4, -0.2) is 41.0 Å². The molecule has 5 nitrogen and oxygen atoms in total. The molecule has 0 aromatic heterocycles. The largest absolute Gasteiger partial charge is 0.391 e. The fraction of sp³-hybridized carbons (Fsp3) is 0.556. The number of nitrogens with zero attached hydrogens (tertiary/aromatic N) is 1. The van der Waals surface area contributed by atoms with Crippen molar-refractivity contribution in [3.63, 3.8) is 0 Å². The molecule has 23 heavy (non-hydrogen) atoms. The van der Waals surface area contributed by atoms with Gasteiger partial charge in [-0.2, -0.15) is 0 Å². The highest BCUT2D eigenvalue weighted by Crippen LogP contribution is 2.20. The van der Waals surface area contributed by atoms with Crippen LogP contribution in [0.25, 0.3) is 0 Å². The summed E-state index contributed by atoms with van der Waals surface area (Å²) in [6, 6.07) is 7.36. The van der Waals surface area contributed by atoms with Crippen molar-refractivity contribution in [1.82, 2.24) is 4.90 Å². The number of nitrogens with one attached hydrogen (secondary N) is 1. The Labute approximate surface area is 137 Å². The second kappa shape index (κ2) is 7.13. The minimum Gasteiger partial charge on any atom is -0.391 e. The molecule has 0 spiro atoms. The lowest BCUT2D eigenvalue weighted by Gasteiger charge is -2.17. The summed E-state index contributed by atoms with van der Waals surface area (Å²) in [4.78, 5) is 25.7. The Hall–Kier alpha value is -1.88. The van der Waals surface area contributed by atoms with E-state index in [1.807, 2.05) is 45.0 Å². The molecule has 1 fully saturated rings. The van der Waals surface area contributed by atoms with E-state index in [9.17, 15) is 14.7 Å². The van der Waals surface area contributed by atoms with Crippen LogP contribution in [0, 0.1) is 5.41 Å². The molecule has 2 N–H and O–H groups in total. The number of carbonyl (C=O) groups excluding carboxylic acids is 2. The normalized spacial score (nSPS) is 18.1. The van der Waals surface area contributed by atoms with Gasteiger partial charge >= 0.3 is 0 Å². The molecule has 1 aliphatic rings. The lowest BCUT2D eigenvalue weighted by Crippen LogP contribution is -2.30. The number of carbonyl (C=O) groups is 2. The highest BCUT2D eigenvalue weighted by atomic mass is 16.3. The Morgan fingerprint density at radius 2 is 1.91 bits per heavy atom. The maximum Gasteiger partial charge on any atom is 0.227 e. The van der Waals surface area contributed by atoms with Gasteiger partial charge in [0.15, 0.2) is 0 Å². The summed E-state index contributed by atoms with van der Waals surface area (Å²) in [5.74, 6) is 0.0263. The topological polar surface area (TPSA) is 69.6 Å². The third-order valence-electron chi connectivity index (χ3n) is 3.80. The minimum atomic E-state index is -0.389. The number of hydrogen-bond donors (Lipinski definition) is 2. The van der Waals surface area contributed by atoms with Crippen LogP contribution in [-0.2, 0) is 16.0 Å². The third-order valence-corrected chi connectivity index (χ3v) is 3.80. The zero-order chi connectivity index (χ0) is 17.0. The molecule has 5 heteroatoms. The molecule has 2 rings (SSSR count). The second-order valence-electron chi connectivity index (χ2n) is 7.44. The number of anilines is 1. The highest BCUT2D eigenvalue weighted by Gasteiger charge is 2.24. The quantitative estimate of drug-likeness (QED) is 0.894. The smallest absolute Gasteiger partial charge is 0.227 e. The van der Waals surface area contributed by atoms with Crippen molar-refractivity contribution in [1.29, 1.82) is 0 Å².